The molecule has 0 radical (unpaired) electrons. The fourth-order valence-electron chi connectivity index (χ4n) is 2.81. The quantitative estimate of drug-likeness (QED) is 0.935. The summed E-state index contributed by atoms with van der Waals surface area (Å²) in [6.07, 6.45) is 0.243. The molecule has 0 bridgehead atoms. The molecular formula is C18H18FN3O2. The van der Waals surface area contributed by atoms with Crippen molar-refractivity contribution in [2.75, 3.05) is 6.54 Å². The van der Waals surface area contributed by atoms with Gasteiger partial charge in [0.15, 0.2) is 0 Å². The standard InChI is InChI=1S/C18H18FN3O2/c1-12-4-2-7-16(20-12)18(24)21-15-9-17(23)22(11-15)10-13-5-3-6-14(19)8-13/h2-8,15H,9-11H2,1H3,(H,21,24)/t15-/m1/s1. The van der Waals surface area contributed by atoms with E-state index >= 15 is 0 Å². The minimum Gasteiger partial charge on any atom is -0.346 e. The third-order valence-corrected chi connectivity index (χ3v) is 3.93. The highest BCUT2D eigenvalue weighted by Gasteiger charge is 2.30. The number of halogens is 1. The van der Waals surface area contributed by atoms with E-state index in [1.165, 1.54) is 12.1 Å². The van der Waals surface area contributed by atoms with Crippen LogP contribution >= 0.6 is 0 Å². The van der Waals surface area contributed by atoms with Gasteiger partial charge in [0, 0.05) is 25.2 Å². The number of aromatic nitrogens is 1. The van der Waals surface area contributed by atoms with Gasteiger partial charge in [-0.05, 0) is 36.8 Å². The molecule has 1 N–H and O–H groups in total. The van der Waals surface area contributed by atoms with Crippen molar-refractivity contribution < 1.29 is 14.0 Å². The van der Waals surface area contributed by atoms with Crippen LogP contribution in [0.15, 0.2) is 42.5 Å². The lowest BCUT2D eigenvalue weighted by Crippen LogP contribution is -2.37. The molecule has 1 aliphatic rings. The SMILES string of the molecule is Cc1cccc(C(=O)N[C@@H]2CC(=O)N(Cc3cccc(F)c3)C2)n1. The van der Waals surface area contributed by atoms with Gasteiger partial charge >= 0.3 is 0 Å². The molecule has 1 fully saturated rings. The number of pyridine rings is 1. The Bertz CT molecular complexity index is 778. The average molecular weight is 327 g/mol. The first-order valence-corrected chi connectivity index (χ1v) is 7.78. The Morgan fingerprint density at radius 1 is 1.33 bits per heavy atom. The predicted octanol–water partition coefficient (Wildman–Crippen LogP) is 2.06. The lowest BCUT2D eigenvalue weighted by atomic mass is 10.2. The highest BCUT2D eigenvalue weighted by molar-refractivity contribution is 5.93. The van der Waals surface area contributed by atoms with Gasteiger partial charge in [0.25, 0.3) is 5.91 Å². The third kappa shape index (κ3) is 3.76. The Labute approximate surface area is 139 Å². The van der Waals surface area contributed by atoms with Crippen molar-refractivity contribution in [1.29, 1.82) is 0 Å². The van der Waals surface area contributed by atoms with Crippen molar-refractivity contribution in [1.82, 2.24) is 15.2 Å². The number of hydrogen-bond acceptors (Lipinski definition) is 3. The molecule has 3 rings (SSSR count). The molecule has 0 aliphatic carbocycles. The van der Waals surface area contributed by atoms with Gasteiger partial charge in [-0.15, -0.1) is 0 Å². The molecule has 2 amide bonds. The van der Waals surface area contributed by atoms with E-state index in [-0.39, 0.29) is 30.1 Å². The highest BCUT2D eigenvalue weighted by atomic mass is 19.1. The number of amides is 2. The second-order valence-corrected chi connectivity index (χ2v) is 5.94. The van der Waals surface area contributed by atoms with Crippen LogP contribution in [-0.4, -0.2) is 34.3 Å². The summed E-state index contributed by atoms with van der Waals surface area (Å²) < 4.78 is 13.2. The topological polar surface area (TPSA) is 62.3 Å². The van der Waals surface area contributed by atoms with E-state index in [0.29, 0.717) is 18.8 Å². The summed E-state index contributed by atoms with van der Waals surface area (Å²) >= 11 is 0. The predicted molar refractivity (Wildman–Crippen MR) is 86.7 cm³/mol. The fraction of sp³-hybridized carbons (Fsp3) is 0.278. The molecule has 124 valence electrons. The van der Waals surface area contributed by atoms with E-state index in [2.05, 4.69) is 10.3 Å². The van der Waals surface area contributed by atoms with Gasteiger partial charge in [0.2, 0.25) is 5.91 Å². The van der Waals surface area contributed by atoms with Crippen LogP contribution in [0.3, 0.4) is 0 Å². The van der Waals surface area contributed by atoms with Crippen LogP contribution in [0.2, 0.25) is 0 Å². The Balaban J connectivity index is 1.61. The lowest BCUT2D eigenvalue weighted by Gasteiger charge is -2.17. The van der Waals surface area contributed by atoms with Crippen LogP contribution < -0.4 is 5.32 Å². The minimum atomic E-state index is -0.325. The van der Waals surface area contributed by atoms with Crippen LogP contribution in [0.4, 0.5) is 4.39 Å². The number of likely N-dealkylation sites (tertiary alicyclic amines) is 1. The zero-order valence-corrected chi connectivity index (χ0v) is 13.3. The van der Waals surface area contributed by atoms with E-state index in [4.69, 9.17) is 0 Å². The van der Waals surface area contributed by atoms with Crippen molar-refractivity contribution in [2.45, 2.75) is 25.9 Å². The summed E-state index contributed by atoms with van der Waals surface area (Å²) in [6.45, 7) is 2.56. The van der Waals surface area contributed by atoms with E-state index in [0.717, 1.165) is 11.3 Å². The molecule has 1 aromatic carbocycles. The molecule has 5 nitrogen and oxygen atoms in total. The van der Waals surface area contributed by atoms with Crippen molar-refractivity contribution in [3.63, 3.8) is 0 Å². The van der Waals surface area contributed by atoms with Crippen LogP contribution in [0.5, 0.6) is 0 Å². The van der Waals surface area contributed by atoms with Gasteiger partial charge < -0.3 is 10.2 Å². The molecular weight excluding hydrogens is 309 g/mol. The van der Waals surface area contributed by atoms with Crippen molar-refractivity contribution in [2.24, 2.45) is 0 Å². The number of nitrogens with zero attached hydrogens (tertiary/aromatic N) is 2. The zero-order valence-electron chi connectivity index (χ0n) is 13.3. The van der Waals surface area contributed by atoms with Crippen LogP contribution in [0.25, 0.3) is 0 Å². The molecule has 1 aliphatic heterocycles. The molecule has 2 heterocycles. The maximum absolute atomic E-state index is 13.2. The van der Waals surface area contributed by atoms with Gasteiger partial charge in [-0.2, -0.15) is 0 Å². The number of benzene rings is 1. The van der Waals surface area contributed by atoms with Gasteiger partial charge in [0.05, 0.1) is 6.04 Å². The van der Waals surface area contributed by atoms with Crippen molar-refractivity contribution >= 4 is 11.8 Å². The molecule has 0 unspecified atom stereocenters. The average Bonchev–Trinajstić information content (AvgIpc) is 2.87. The Kier molecular flexibility index (Phi) is 4.55. The largest absolute Gasteiger partial charge is 0.346 e. The fourth-order valence-corrected chi connectivity index (χ4v) is 2.81. The molecule has 24 heavy (non-hydrogen) atoms. The summed E-state index contributed by atoms with van der Waals surface area (Å²) in [7, 11) is 0. The normalized spacial score (nSPS) is 17.2. The minimum absolute atomic E-state index is 0.0539. The number of hydrogen-bond donors (Lipinski definition) is 1. The van der Waals surface area contributed by atoms with Crippen LogP contribution in [0.1, 0.15) is 28.2 Å². The Morgan fingerprint density at radius 2 is 2.12 bits per heavy atom. The summed E-state index contributed by atoms with van der Waals surface area (Å²) in [5.74, 6) is -0.666. The highest BCUT2D eigenvalue weighted by Crippen LogP contribution is 2.16. The molecule has 2 aromatic rings. The smallest absolute Gasteiger partial charge is 0.270 e. The number of carbonyl (C=O) groups excluding carboxylic acids is 2. The first-order valence-electron chi connectivity index (χ1n) is 7.78. The van der Waals surface area contributed by atoms with Crippen molar-refractivity contribution in [3.05, 3.63) is 65.2 Å². The molecule has 0 saturated carbocycles. The number of carbonyl (C=O) groups is 2. The third-order valence-electron chi connectivity index (χ3n) is 3.93. The van der Waals surface area contributed by atoms with E-state index in [9.17, 15) is 14.0 Å². The van der Waals surface area contributed by atoms with Crippen LogP contribution in [-0.2, 0) is 11.3 Å². The van der Waals surface area contributed by atoms with Gasteiger partial charge in [0.1, 0.15) is 11.5 Å². The second kappa shape index (κ2) is 6.78. The van der Waals surface area contributed by atoms with E-state index in [1.54, 1.807) is 29.2 Å². The summed E-state index contributed by atoms with van der Waals surface area (Å²) in [5.41, 5.74) is 1.83. The van der Waals surface area contributed by atoms with E-state index < -0.39 is 0 Å². The first-order chi connectivity index (χ1) is 11.5. The number of aryl methyl sites for hydroxylation is 1. The van der Waals surface area contributed by atoms with Crippen LogP contribution in [0, 0.1) is 12.7 Å². The second-order valence-electron chi connectivity index (χ2n) is 5.94. The summed E-state index contributed by atoms with van der Waals surface area (Å²) in [6, 6.07) is 11.1. The maximum atomic E-state index is 13.2. The van der Waals surface area contributed by atoms with Gasteiger partial charge in [-0.3, -0.25) is 9.59 Å². The Morgan fingerprint density at radius 3 is 2.88 bits per heavy atom. The molecule has 1 saturated heterocycles. The number of nitrogens with one attached hydrogen (secondary N) is 1. The summed E-state index contributed by atoms with van der Waals surface area (Å²) in [5, 5.41) is 2.84. The van der Waals surface area contributed by atoms with Gasteiger partial charge in [-0.1, -0.05) is 18.2 Å². The van der Waals surface area contributed by atoms with Gasteiger partial charge in [-0.25, -0.2) is 9.37 Å². The molecule has 1 aromatic heterocycles. The van der Waals surface area contributed by atoms with Crippen molar-refractivity contribution in [3.8, 4) is 0 Å². The lowest BCUT2D eigenvalue weighted by molar-refractivity contribution is -0.128. The molecule has 1 atom stereocenters. The molecule has 6 heteroatoms. The number of rotatable bonds is 4. The maximum Gasteiger partial charge on any atom is 0.270 e. The summed E-state index contributed by atoms with van der Waals surface area (Å²) in [4.78, 5) is 30.1. The monoisotopic (exact) mass is 327 g/mol. The molecule has 0 spiro atoms. The zero-order chi connectivity index (χ0) is 17.1. The van der Waals surface area contributed by atoms with E-state index in [1.807, 2.05) is 13.0 Å². The Hall–Kier alpha value is -2.76. The first kappa shape index (κ1) is 16.1.